The zero-order valence-electron chi connectivity index (χ0n) is 11.5. The van der Waals surface area contributed by atoms with E-state index in [0.717, 1.165) is 24.0 Å². The second-order valence-electron chi connectivity index (χ2n) is 5.60. The minimum atomic E-state index is -0.536. The number of rotatable bonds is 1. The van der Waals surface area contributed by atoms with Crippen LogP contribution in [0.1, 0.15) is 26.6 Å². The molecule has 2 N–H and O–H groups in total. The van der Waals surface area contributed by atoms with Crippen LogP contribution in [0.15, 0.2) is 18.2 Å². The predicted molar refractivity (Wildman–Crippen MR) is 71.7 cm³/mol. The van der Waals surface area contributed by atoms with Crippen molar-refractivity contribution in [2.75, 3.05) is 5.73 Å². The summed E-state index contributed by atoms with van der Waals surface area (Å²) in [6.07, 6.45) is 0. The molecular formula is C14H17F2N3. The molecule has 0 bridgehead atoms. The number of benzene rings is 1. The largest absolute Gasteiger partial charge is 0.383 e. The summed E-state index contributed by atoms with van der Waals surface area (Å²) in [4.78, 5) is 4.38. The molecule has 0 aliphatic carbocycles. The Morgan fingerprint density at radius 3 is 2.37 bits per heavy atom. The van der Waals surface area contributed by atoms with Crippen LogP contribution >= 0.6 is 0 Å². The van der Waals surface area contributed by atoms with Crippen LogP contribution in [0.2, 0.25) is 0 Å². The molecule has 0 aliphatic rings. The Hall–Kier alpha value is -1.91. The third-order valence-electron chi connectivity index (χ3n) is 2.99. The van der Waals surface area contributed by atoms with Gasteiger partial charge in [-0.15, -0.1) is 0 Å². The Morgan fingerprint density at radius 1 is 1.21 bits per heavy atom. The molecule has 0 atom stereocenters. The molecule has 3 nitrogen and oxygen atoms in total. The Morgan fingerprint density at radius 2 is 1.84 bits per heavy atom. The summed E-state index contributed by atoms with van der Waals surface area (Å²) in [7, 11) is 1.77. The first kappa shape index (κ1) is 13.5. The maximum absolute atomic E-state index is 13.8. The van der Waals surface area contributed by atoms with Gasteiger partial charge in [-0.05, 0) is 18.2 Å². The second kappa shape index (κ2) is 4.33. The first-order valence-electron chi connectivity index (χ1n) is 6.00. The number of nitrogens with zero attached hydrogens (tertiary/aromatic N) is 2. The van der Waals surface area contributed by atoms with Gasteiger partial charge < -0.3 is 10.3 Å². The molecule has 102 valence electrons. The van der Waals surface area contributed by atoms with Gasteiger partial charge in [0.05, 0.1) is 0 Å². The van der Waals surface area contributed by atoms with Gasteiger partial charge in [0.2, 0.25) is 0 Å². The highest BCUT2D eigenvalue weighted by atomic mass is 19.1. The Bertz CT molecular complexity index is 624. The van der Waals surface area contributed by atoms with E-state index < -0.39 is 11.6 Å². The summed E-state index contributed by atoms with van der Waals surface area (Å²) >= 11 is 0. The summed E-state index contributed by atoms with van der Waals surface area (Å²) in [6.45, 7) is 5.96. The fraction of sp³-hybridized carbons (Fsp3) is 0.357. The van der Waals surface area contributed by atoms with Crippen LogP contribution in [0.4, 0.5) is 14.6 Å². The van der Waals surface area contributed by atoms with E-state index >= 15 is 0 Å². The van der Waals surface area contributed by atoms with Gasteiger partial charge in [0.25, 0.3) is 0 Å². The topological polar surface area (TPSA) is 43.8 Å². The van der Waals surface area contributed by atoms with Gasteiger partial charge in [0.15, 0.2) is 0 Å². The zero-order valence-corrected chi connectivity index (χ0v) is 11.5. The van der Waals surface area contributed by atoms with E-state index in [4.69, 9.17) is 5.73 Å². The molecule has 19 heavy (non-hydrogen) atoms. The number of hydrogen-bond donors (Lipinski definition) is 1. The second-order valence-corrected chi connectivity index (χ2v) is 5.60. The predicted octanol–water partition coefficient (Wildman–Crippen LogP) is 3.25. The molecule has 0 unspecified atom stereocenters. The molecule has 1 aromatic heterocycles. The molecule has 0 saturated carbocycles. The smallest absolute Gasteiger partial charge is 0.132 e. The lowest BCUT2D eigenvalue weighted by molar-refractivity contribution is 0.524. The SMILES string of the molecule is Cn1c(C(C)(C)C)nc(-c2cc(F)ccc2F)c1N. The average Bonchev–Trinajstić information content (AvgIpc) is 2.59. The summed E-state index contributed by atoms with van der Waals surface area (Å²) in [5.41, 5.74) is 6.10. The fourth-order valence-electron chi connectivity index (χ4n) is 2.06. The van der Waals surface area contributed by atoms with Crippen LogP contribution < -0.4 is 5.73 Å². The van der Waals surface area contributed by atoms with E-state index in [-0.39, 0.29) is 16.7 Å². The maximum atomic E-state index is 13.8. The van der Waals surface area contributed by atoms with Gasteiger partial charge in [0.1, 0.15) is 29.0 Å². The molecule has 2 rings (SSSR count). The van der Waals surface area contributed by atoms with Crippen LogP contribution in [0, 0.1) is 11.6 Å². The normalized spacial score (nSPS) is 11.9. The third-order valence-corrected chi connectivity index (χ3v) is 2.99. The quantitative estimate of drug-likeness (QED) is 0.860. The van der Waals surface area contributed by atoms with Crippen molar-refractivity contribution in [1.29, 1.82) is 0 Å². The van der Waals surface area contributed by atoms with Gasteiger partial charge in [0, 0.05) is 18.0 Å². The Balaban J connectivity index is 2.67. The first-order chi connectivity index (χ1) is 8.71. The fourth-order valence-corrected chi connectivity index (χ4v) is 2.06. The maximum Gasteiger partial charge on any atom is 0.132 e. The third kappa shape index (κ3) is 2.32. The van der Waals surface area contributed by atoms with E-state index in [9.17, 15) is 8.78 Å². The summed E-state index contributed by atoms with van der Waals surface area (Å²) in [6, 6.07) is 3.26. The number of aromatic nitrogens is 2. The number of nitrogens with two attached hydrogens (primary N) is 1. The van der Waals surface area contributed by atoms with E-state index in [1.807, 2.05) is 20.8 Å². The number of halogens is 2. The lowest BCUT2D eigenvalue weighted by Gasteiger charge is -2.17. The summed E-state index contributed by atoms with van der Waals surface area (Å²) in [5.74, 6) is 0.00325. The van der Waals surface area contributed by atoms with Crippen molar-refractivity contribution >= 4 is 5.82 Å². The van der Waals surface area contributed by atoms with Gasteiger partial charge in [-0.2, -0.15) is 0 Å². The van der Waals surface area contributed by atoms with Crippen LogP contribution in [0.3, 0.4) is 0 Å². The molecule has 0 amide bonds. The van der Waals surface area contributed by atoms with Crippen LogP contribution in [-0.2, 0) is 12.5 Å². The first-order valence-corrected chi connectivity index (χ1v) is 6.00. The standard InChI is InChI=1S/C14H17F2N3/c1-14(2,3)13-18-11(12(17)19(13)4)9-7-8(15)5-6-10(9)16/h5-7H,17H2,1-4H3. The van der Waals surface area contributed by atoms with Crippen molar-refractivity contribution in [3.8, 4) is 11.3 Å². The highest BCUT2D eigenvalue weighted by Gasteiger charge is 2.25. The highest BCUT2D eigenvalue weighted by molar-refractivity contribution is 5.71. The van der Waals surface area contributed by atoms with Gasteiger partial charge >= 0.3 is 0 Å². The van der Waals surface area contributed by atoms with Crippen molar-refractivity contribution in [3.05, 3.63) is 35.7 Å². The summed E-state index contributed by atoms with van der Waals surface area (Å²) < 4.78 is 28.8. The lowest BCUT2D eigenvalue weighted by Crippen LogP contribution is -2.17. The molecule has 0 saturated heterocycles. The van der Waals surface area contributed by atoms with Gasteiger partial charge in [-0.25, -0.2) is 13.8 Å². The molecule has 0 spiro atoms. The molecule has 1 heterocycles. The minimum Gasteiger partial charge on any atom is -0.383 e. The van der Waals surface area contributed by atoms with Crippen LogP contribution in [0.5, 0.6) is 0 Å². The number of hydrogen-bond acceptors (Lipinski definition) is 2. The minimum absolute atomic E-state index is 0.0867. The number of nitrogen functional groups attached to an aromatic ring is 1. The van der Waals surface area contributed by atoms with Crippen molar-refractivity contribution in [2.24, 2.45) is 7.05 Å². The highest BCUT2D eigenvalue weighted by Crippen LogP contribution is 2.32. The molecule has 2 aromatic rings. The molecule has 0 radical (unpaired) electrons. The zero-order chi connectivity index (χ0) is 14.4. The van der Waals surface area contributed by atoms with E-state index in [2.05, 4.69) is 4.98 Å². The van der Waals surface area contributed by atoms with E-state index in [0.29, 0.717) is 5.82 Å². The van der Waals surface area contributed by atoms with Gasteiger partial charge in [-0.3, -0.25) is 0 Å². The average molecular weight is 265 g/mol. The van der Waals surface area contributed by atoms with Crippen molar-refractivity contribution in [3.63, 3.8) is 0 Å². The lowest BCUT2D eigenvalue weighted by atomic mass is 9.96. The molecule has 0 fully saturated rings. The molecular weight excluding hydrogens is 248 g/mol. The molecule has 1 aromatic carbocycles. The van der Waals surface area contributed by atoms with Crippen LogP contribution in [0.25, 0.3) is 11.3 Å². The molecule has 0 aliphatic heterocycles. The Kier molecular flexibility index (Phi) is 3.08. The van der Waals surface area contributed by atoms with E-state index in [1.54, 1.807) is 11.6 Å². The Labute approximate surface area is 111 Å². The molecule has 5 heteroatoms. The number of imidazole rings is 1. The van der Waals surface area contributed by atoms with Crippen LogP contribution in [-0.4, -0.2) is 9.55 Å². The van der Waals surface area contributed by atoms with Crippen molar-refractivity contribution in [1.82, 2.24) is 9.55 Å². The van der Waals surface area contributed by atoms with Crippen molar-refractivity contribution < 1.29 is 8.78 Å². The summed E-state index contributed by atoms with van der Waals surface area (Å²) in [5, 5.41) is 0. The monoisotopic (exact) mass is 265 g/mol. The van der Waals surface area contributed by atoms with Gasteiger partial charge in [-0.1, -0.05) is 20.8 Å². The number of anilines is 1. The van der Waals surface area contributed by atoms with Crippen molar-refractivity contribution in [2.45, 2.75) is 26.2 Å². The van der Waals surface area contributed by atoms with E-state index in [1.165, 1.54) is 0 Å².